The number of carboxylic acids is 1. The number of hydrogen-bond donors (Lipinski definition) is 1. The van der Waals surface area contributed by atoms with Crippen LogP contribution in [0.1, 0.15) is 18.4 Å². The van der Waals surface area contributed by atoms with Crippen LogP contribution in [0.25, 0.3) is 0 Å². The maximum absolute atomic E-state index is 10.8. The van der Waals surface area contributed by atoms with E-state index in [2.05, 4.69) is 0 Å². The Morgan fingerprint density at radius 2 is 2.07 bits per heavy atom. The van der Waals surface area contributed by atoms with Crippen LogP contribution in [0.4, 0.5) is 5.69 Å². The number of benzene rings is 1. The van der Waals surface area contributed by atoms with E-state index in [1.165, 1.54) is 0 Å². The molecule has 4 heteroatoms. The molecule has 15 heavy (non-hydrogen) atoms. The fourth-order valence-corrected chi connectivity index (χ4v) is 1.57. The third-order valence-corrected chi connectivity index (χ3v) is 2.64. The topological polar surface area (TPSA) is 40.5 Å². The standard InChI is InChI=1S/C11H14ClNO2/c1-7(11(14)15)8-4-5-9(12)10(6-8)13(2)3/h4-7H,1-3H3,(H,14,15). The van der Waals surface area contributed by atoms with E-state index in [0.29, 0.717) is 5.02 Å². The van der Waals surface area contributed by atoms with Crippen molar-refractivity contribution in [3.63, 3.8) is 0 Å². The highest BCUT2D eigenvalue weighted by Gasteiger charge is 2.15. The Bertz CT molecular complexity index is 377. The summed E-state index contributed by atoms with van der Waals surface area (Å²) in [6.45, 7) is 1.66. The average Bonchev–Trinajstić information content (AvgIpc) is 2.16. The van der Waals surface area contributed by atoms with Crippen molar-refractivity contribution in [1.29, 1.82) is 0 Å². The van der Waals surface area contributed by atoms with Crippen LogP contribution in [0, 0.1) is 0 Å². The van der Waals surface area contributed by atoms with Crippen molar-refractivity contribution < 1.29 is 9.90 Å². The summed E-state index contributed by atoms with van der Waals surface area (Å²) < 4.78 is 0. The van der Waals surface area contributed by atoms with Gasteiger partial charge in [-0.25, -0.2) is 0 Å². The third-order valence-electron chi connectivity index (χ3n) is 2.32. The number of nitrogens with zero attached hydrogens (tertiary/aromatic N) is 1. The van der Waals surface area contributed by atoms with Gasteiger partial charge in [-0.3, -0.25) is 4.79 Å². The van der Waals surface area contributed by atoms with Crippen molar-refractivity contribution in [3.05, 3.63) is 28.8 Å². The second-order valence-corrected chi connectivity index (χ2v) is 4.07. The van der Waals surface area contributed by atoms with Crippen LogP contribution in [0.2, 0.25) is 5.02 Å². The lowest BCUT2D eigenvalue weighted by atomic mass is 10.0. The molecule has 0 aliphatic heterocycles. The zero-order valence-corrected chi connectivity index (χ0v) is 9.75. The Hall–Kier alpha value is -1.22. The molecule has 0 spiro atoms. The summed E-state index contributed by atoms with van der Waals surface area (Å²) in [6, 6.07) is 5.28. The molecular formula is C11H14ClNO2. The molecule has 0 saturated carbocycles. The van der Waals surface area contributed by atoms with Gasteiger partial charge in [-0.1, -0.05) is 17.7 Å². The molecule has 1 unspecified atom stereocenters. The van der Waals surface area contributed by atoms with E-state index in [1.54, 1.807) is 25.1 Å². The predicted molar refractivity (Wildman–Crippen MR) is 61.8 cm³/mol. The van der Waals surface area contributed by atoms with Gasteiger partial charge in [0, 0.05) is 14.1 Å². The molecule has 0 aliphatic carbocycles. The molecule has 82 valence electrons. The number of aliphatic carboxylic acids is 1. The predicted octanol–water partition coefficient (Wildman–Crippen LogP) is 2.59. The number of carboxylic acid groups (broad SMARTS) is 1. The molecule has 0 saturated heterocycles. The normalized spacial score (nSPS) is 12.3. The quantitative estimate of drug-likeness (QED) is 0.863. The summed E-state index contributed by atoms with van der Waals surface area (Å²) >= 11 is 5.99. The Morgan fingerprint density at radius 3 is 2.53 bits per heavy atom. The van der Waals surface area contributed by atoms with Gasteiger partial charge in [0.1, 0.15) is 0 Å². The Labute approximate surface area is 94.3 Å². The molecule has 3 nitrogen and oxygen atoms in total. The molecule has 0 amide bonds. The van der Waals surface area contributed by atoms with Gasteiger partial charge in [0.2, 0.25) is 0 Å². The Kier molecular flexibility index (Phi) is 3.58. The summed E-state index contributed by atoms with van der Waals surface area (Å²) in [5.74, 6) is -1.34. The van der Waals surface area contributed by atoms with E-state index >= 15 is 0 Å². The molecule has 0 heterocycles. The first-order valence-electron chi connectivity index (χ1n) is 4.63. The third kappa shape index (κ3) is 2.63. The maximum Gasteiger partial charge on any atom is 0.310 e. The molecule has 1 N–H and O–H groups in total. The summed E-state index contributed by atoms with van der Waals surface area (Å²) in [4.78, 5) is 12.7. The Morgan fingerprint density at radius 1 is 1.47 bits per heavy atom. The van der Waals surface area contributed by atoms with Crippen LogP contribution >= 0.6 is 11.6 Å². The van der Waals surface area contributed by atoms with Gasteiger partial charge in [0.05, 0.1) is 16.6 Å². The summed E-state index contributed by atoms with van der Waals surface area (Å²) in [5.41, 5.74) is 1.60. The van der Waals surface area contributed by atoms with Crippen molar-refractivity contribution in [2.75, 3.05) is 19.0 Å². The minimum absolute atomic E-state index is 0.513. The molecule has 0 radical (unpaired) electrons. The van der Waals surface area contributed by atoms with Crippen molar-refractivity contribution in [1.82, 2.24) is 0 Å². The monoisotopic (exact) mass is 227 g/mol. The number of rotatable bonds is 3. The van der Waals surface area contributed by atoms with Crippen molar-refractivity contribution >= 4 is 23.3 Å². The van der Waals surface area contributed by atoms with Crippen LogP contribution in [-0.2, 0) is 4.79 Å². The SMILES string of the molecule is CC(C(=O)O)c1ccc(Cl)c(N(C)C)c1. The van der Waals surface area contributed by atoms with Crippen LogP contribution in [0.5, 0.6) is 0 Å². The lowest BCUT2D eigenvalue weighted by Gasteiger charge is -2.16. The number of hydrogen-bond acceptors (Lipinski definition) is 2. The summed E-state index contributed by atoms with van der Waals surface area (Å²) in [5, 5.41) is 9.51. The Balaban J connectivity index is 3.13. The highest BCUT2D eigenvalue weighted by atomic mass is 35.5. The first kappa shape index (κ1) is 11.9. The van der Waals surface area contributed by atoms with Gasteiger partial charge in [0.25, 0.3) is 0 Å². The van der Waals surface area contributed by atoms with Crippen LogP contribution in [0.15, 0.2) is 18.2 Å². The molecular weight excluding hydrogens is 214 g/mol. The summed E-state index contributed by atoms with van der Waals surface area (Å²) in [6.07, 6.45) is 0. The van der Waals surface area contributed by atoms with Gasteiger partial charge in [-0.2, -0.15) is 0 Å². The first-order chi connectivity index (χ1) is 6.93. The smallest absolute Gasteiger partial charge is 0.310 e. The van der Waals surface area contributed by atoms with Crippen LogP contribution in [-0.4, -0.2) is 25.2 Å². The number of halogens is 1. The van der Waals surface area contributed by atoms with Gasteiger partial charge in [-0.15, -0.1) is 0 Å². The van der Waals surface area contributed by atoms with Gasteiger partial charge < -0.3 is 10.0 Å². The minimum atomic E-state index is -0.831. The molecule has 0 aliphatic rings. The van der Waals surface area contributed by atoms with Crippen LogP contribution < -0.4 is 4.90 Å². The number of carbonyl (C=O) groups is 1. The zero-order chi connectivity index (χ0) is 11.6. The van der Waals surface area contributed by atoms with E-state index in [-0.39, 0.29) is 0 Å². The van der Waals surface area contributed by atoms with E-state index in [4.69, 9.17) is 16.7 Å². The largest absolute Gasteiger partial charge is 0.481 e. The van der Waals surface area contributed by atoms with Crippen molar-refractivity contribution in [2.24, 2.45) is 0 Å². The van der Waals surface area contributed by atoms with Gasteiger partial charge in [0.15, 0.2) is 0 Å². The van der Waals surface area contributed by atoms with E-state index in [9.17, 15) is 4.79 Å². The maximum atomic E-state index is 10.8. The van der Waals surface area contributed by atoms with E-state index in [0.717, 1.165) is 11.3 Å². The summed E-state index contributed by atoms with van der Waals surface area (Å²) in [7, 11) is 3.74. The van der Waals surface area contributed by atoms with E-state index in [1.807, 2.05) is 19.0 Å². The second-order valence-electron chi connectivity index (χ2n) is 3.67. The highest BCUT2D eigenvalue weighted by molar-refractivity contribution is 6.33. The molecule has 0 bridgehead atoms. The number of anilines is 1. The van der Waals surface area contributed by atoms with Crippen molar-refractivity contribution in [3.8, 4) is 0 Å². The second kappa shape index (κ2) is 4.53. The molecule has 1 aromatic rings. The fourth-order valence-electron chi connectivity index (χ4n) is 1.28. The first-order valence-corrected chi connectivity index (χ1v) is 5.01. The average molecular weight is 228 g/mol. The van der Waals surface area contributed by atoms with Crippen LogP contribution in [0.3, 0.4) is 0 Å². The van der Waals surface area contributed by atoms with Gasteiger partial charge in [-0.05, 0) is 24.6 Å². The molecule has 1 atom stereocenters. The highest BCUT2D eigenvalue weighted by Crippen LogP contribution is 2.28. The lowest BCUT2D eigenvalue weighted by Crippen LogP contribution is -2.12. The molecule has 1 rings (SSSR count). The van der Waals surface area contributed by atoms with E-state index < -0.39 is 11.9 Å². The lowest BCUT2D eigenvalue weighted by molar-refractivity contribution is -0.138. The van der Waals surface area contributed by atoms with Crippen molar-refractivity contribution in [2.45, 2.75) is 12.8 Å². The molecule has 0 aromatic heterocycles. The minimum Gasteiger partial charge on any atom is -0.481 e. The fraction of sp³-hybridized carbons (Fsp3) is 0.364. The molecule has 0 fully saturated rings. The molecule has 1 aromatic carbocycles. The van der Waals surface area contributed by atoms with Gasteiger partial charge >= 0.3 is 5.97 Å². The zero-order valence-electron chi connectivity index (χ0n) is 8.99.